The van der Waals surface area contributed by atoms with Crippen LogP contribution < -0.4 is 5.32 Å². The number of hydrogen-bond acceptors (Lipinski definition) is 5. The van der Waals surface area contributed by atoms with Crippen LogP contribution in [0.1, 0.15) is 22.9 Å². The van der Waals surface area contributed by atoms with E-state index < -0.39 is 6.04 Å². The zero-order valence-corrected chi connectivity index (χ0v) is 14.8. The minimum atomic E-state index is -0.494. The summed E-state index contributed by atoms with van der Waals surface area (Å²) in [5.74, 6) is 0.883. The van der Waals surface area contributed by atoms with Crippen LogP contribution in [0.2, 0.25) is 0 Å². The molecular weight excluding hydrogens is 338 g/mol. The van der Waals surface area contributed by atoms with Crippen molar-refractivity contribution in [1.82, 2.24) is 9.97 Å². The summed E-state index contributed by atoms with van der Waals surface area (Å²) >= 11 is 0. The van der Waals surface area contributed by atoms with E-state index in [1.54, 1.807) is 18.3 Å². The molecule has 0 fully saturated rings. The van der Waals surface area contributed by atoms with Crippen molar-refractivity contribution in [2.45, 2.75) is 13.0 Å². The molecular formula is C22H19N3O2. The summed E-state index contributed by atoms with van der Waals surface area (Å²) < 4.78 is 0. The van der Waals surface area contributed by atoms with Gasteiger partial charge >= 0.3 is 0 Å². The SMILES string of the molecule is Cc1cccc(NC(c2ccccc2O)c2ccc3cccnc3c2O)n1. The summed E-state index contributed by atoms with van der Waals surface area (Å²) in [6.07, 6.45) is 1.65. The molecule has 2 aromatic heterocycles. The number of hydrogen-bond donors (Lipinski definition) is 3. The highest BCUT2D eigenvalue weighted by molar-refractivity contribution is 5.86. The van der Waals surface area contributed by atoms with Crippen LogP contribution in [-0.4, -0.2) is 20.2 Å². The molecule has 0 radical (unpaired) electrons. The highest BCUT2D eigenvalue weighted by Crippen LogP contribution is 2.38. The maximum absolute atomic E-state index is 10.9. The number of rotatable bonds is 4. The molecule has 0 aliphatic heterocycles. The van der Waals surface area contributed by atoms with E-state index in [-0.39, 0.29) is 11.5 Å². The van der Waals surface area contributed by atoms with Gasteiger partial charge in [0.15, 0.2) is 0 Å². The lowest BCUT2D eigenvalue weighted by atomic mass is 9.95. The third-order valence-electron chi connectivity index (χ3n) is 4.52. The second kappa shape index (κ2) is 6.96. The Hall–Kier alpha value is -3.60. The first-order valence-electron chi connectivity index (χ1n) is 8.68. The van der Waals surface area contributed by atoms with Gasteiger partial charge in [0, 0.05) is 28.4 Å². The number of phenolic OH excluding ortho intramolecular Hbond substituents is 2. The van der Waals surface area contributed by atoms with Crippen molar-refractivity contribution in [3.05, 3.63) is 89.7 Å². The predicted molar refractivity (Wildman–Crippen MR) is 106 cm³/mol. The number of aromatic nitrogens is 2. The first kappa shape index (κ1) is 16.8. The Morgan fingerprint density at radius 1 is 0.852 bits per heavy atom. The summed E-state index contributed by atoms with van der Waals surface area (Å²) in [6.45, 7) is 1.91. The molecule has 1 atom stereocenters. The van der Waals surface area contributed by atoms with E-state index in [1.807, 2.05) is 61.5 Å². The van der Waals surface area contributed by atoms with Crippen LogP contribution in [0.15, 0.2) is 72.9 Å². The van der Waals surface area contributed by atoms with E-state index in [2.05, 4.69) is 15.3 Å². The van der Waals surface area contributed by atoms with Gasteiger partial charge in [-0.25, -0.2) is 4.98 Å². The zero-order chi connectivity index (χ0) is 18.8. The molecule has 0 saturated heterocycles. The van der Waals surface area contributed by atoms with Crippen LogP contribution in [0.4, 0.5) is 5.82 Å². The molecule has 2 aromatic carbocycles. The van der Waals surface area contributed by atoms with Gasteiger partial charge in [-0.2, -0.15) is 0 Å². The van der Waals surface area contributed by atoms with E-state index in [0.717, 1.165) is 11.1 Å². The Morgan fingerprint density at radius 3 is 2.52 bits per heavy atom. The number of anilines is 1. The summed E-state index contributed by atoms with van der Waals surface area (Å²) in [7, 11) is 0. The van der Waals surface area contributed by atoms with Crippen molar-refractivity contribution in [3.8, 4) is 11.5 Å². The van der Waals surface area contributed by atoms with Crippen molar-refractivity contribution in [1.29, 1.82) is 0 Å². The van der Waals surface area contributed by atoms with Crippen LogP contribution >= 0.6 is 0 Å². The highest BCUT2D eigenvalue weighted by Gasteiger charge is 2.22. The van der Waals surface area contributed by atoms with Crippen LogP contribution in [0, 0.1) is 6.92 Å². The number of nitrogens with one attached hydrogen (secondary N) is 1. The number of benzene rings is 2. The number of phenols is 2. The van der Waals surface area contributed by atoms with E-state index in [9.17, 15) is 10.2 Å². The standard InChI is InChI=1S/C22H19N3O2/c1-14-6-4-10-19(24-14)25-21(16-8-2-3-9-18(16)26)17-12-11-15-7-5-13-23-20(15)22(17)27/h2-13,21,26-27H,1H3,(H,24,25). The molecule has 0 saturated carbocycles. The lowest BCUT2D eigenvalue weighted by Crippen LogP contribution is -2.14. The van der Waals surface area contributed by atoms with Gasteiger partial charge in [0.1, 0.15) is 22.8 Å². The largest absolute Gasteiger partial charge is 0.508 e. The molecule has 3 N–H and O–H groups in total. The molecule has 0 amide bonds. The average molecular weight is 357 g/mol. The summed E-state index contributed by atoms with van der Waals surface area (Å²) in [5.41, 5.74) is 2.66. The summed E-state index contributed by atoms with van der Waals surface area (Å²) in [6, 6.07) is 19.7. The molecule has 0 aliphatic rings. The van der Waals surface area contributed by atoms with Crippen molar-refractivity contribution in [2.24, 2.45) is 0 Å². The van der Waals surface area contributed by atoms with Crippen molar-refractivity contribution >= 4 is 16.7 Å². The third-order valence-corrected chi connectivity index (χ3v) is 4.52. The topological polar surface area (TPSA) is 78.3 Å². The molecule has 1 unspecified atom stereocenters. The maximum atomic E-state index is 10.9. The number of aryl methyl sites for hydroxylation is 1. The zero-order valence-electron chi connectivity index (χ0n) is 14.8. The second-order valence-corrected chi connectivity index (χ2v) is 6.38. The monoisotopic (exact) mass is 357 g/mol. The molecule has 134 valence electrons. The fourth-order valence-corrected chi connectivity index (χ4v) is 3.20. The number of nitrogens with zero attached hydrogens (tertiary/aromatic N) is 2. The molecule has 0 aliphatic carbocycles. The Morgan fingerprint density at radius 2 is 1.70 bits per heavy atom. The van der Waals surface area contributed by atoms with E-state index in [0.29, 0.717) is 22.5 Å². The van der Waals surface area contributed by atoms with Gasteiger partial charge in [0.25, 0.3) is 0 Å². The molecule has 27 heavy (non-hydrogen) atoms. The summed E-state index contributed by atoms with van der Waals surface area (Å²) in [4.78, 5) is 8.80. The van der Waals surface area contributed by atoms with Crippen molar-refractivity contribution in [3.63, 3.8) is 0 Å². The Kier molecular flexibility index (Phi) is 4.34. The first-order chi connectivity index (χ1) is 13.1. The fraction of sp³-hybridized carbons (Fsp3) is 0.0909. The van der Waals surface area contributed by atoms with Gasteiger partial charge in [-0.15, -0.1) is 0 Å². The van der Waals surface area contributed by atoms with Crippen molar-refractivity contribution in [2.75, 3.05) is 5.32 Å². The number of aromatic hydroxyl groups is 2. The van der Waals surface area contributed by atoms with Crippen LogP contribution in [-0.2, 0) is 0 Å². The molecule has 0 bridgehead atoms. The average Bonchev–Trinajstić information content (AvgIpc) is 2.68. The van der Waals surface area contributed by atoms with E-state index >= 15 is 0 Å². The van der Waals surface area contributed by atoms with Gasteiger partial charge in [-0.1, -0.05) is 42.5 Å². The molecule has 0 spiro atoms. The first-order valence-corrected chi connectivity index (χ1v) is 8.68. The lowest BCUT2D eigenvalue weighted by Gasteiger charge is -2.23. The van der Waals surface area contributed by atoms with Gasteiger partial charge in [-0.05, 0) is 31.2 Å². The van der Waals surface area contributed by atoms with Crippen molar-refractivity contribution < 1.29 is 10.2 Å². The quantitative estimate of drug-likeness (QED) is 0.499. The molecule has 4 aromatic rings. The lowest BCUT2D eigenvalue weighted by molar-refractivity contribution is 0.460. The van der Waals surface area contributed by atoms with Gasteiger partial charge in [-0.3, -0.25) is 4.98 Å². The Labute approximate surface area is 157 Å². The molecule has 2 heterocycles. The van der Waals surface area contributed by atoms with Crippen LogP contribution in [0.5, 0.6) is 11.5 Å². The van der Waals surface area contributed by atoms with Crippen LogP contribution in [0.25, 0.3) is 10.9 Å². The third kappa shape index (κ3) is 3.27. The Bertz CT molecular complexity index is 1110. The smallest absolute Gasteiger partial charge is 0.147 e. The predicted octanol–water partition coefficient (Wildman–Crippen LogP) is 4.55. The minimum Gasteiger partial charge on any atom is -0.508 e. The highest BCUT2D eigenvalue weighted by atomic mass is 16.3. The number of fused-ring (bicyclic) bond motifs is 1. The van der Waals surface area contributed by atoms with Gasteiger partial charge in [0.2, 0.25) is 0 Å². The molecule has 5 nitrogen and oxygen atoms in total. The maximum Gasteiger partial charge on any atom is 0.147 e. The summed E-state index contributed by atoms with van der Waals surface area (Å²) in [5, 5.41) is 25.5. The minimum absolute atomic E-state index is 0.0847. The van der Waals surface area contributed by atoms with Gasteiger partial charge < -0.3 is 15.5 Å². The normalized spacial score (nSPS) is 12.0. The number of pyridine rings is 2. The molecule has 5 heteroatoms. The van der Waals surface area contributed by atoms with E-state index in [4.69, 9.17) is 0 Å². The second-order valence-electron chi connectivity index (χ2n) is 6.38. The van der Waals surface area contributed by atoms with E-state index in [1.165, 1.54) is 0 Å². The fourth-order valence-electron chi connectivity index (χ4n) is 3.20. The Balaban J connectivity index is 1.88. The number of para-hydroxylation sites is 1. The van der Waals surface area contributed by atoms with Crippen LogP contribution in [0.3, 0.4) is 0 Å². The molecule has 4 rings (SSSR count). The van der Waals surface area contributed by atoms with Gasteiger partial charge in [0.05, 0.1) is 6.04 Å².